The lowest BCUT2D eigenvalue weighted by molar-refractivity contribution is 0.305. The highest BCUT2D eigenvalue weighted by molar-refractivity contribution is 5.27. The molecule has 1 aromatic rings. The van der Waals surface area contributed by atoms with Crippen molar-refractivity contribution in [2.75, 3.05) is 18.5 Å². The zero-order chi connectivity index (χ0) is 14.1. The van der Waals surface area contributed by atoms with Crippen molar-refractivity contribution in [2.24, 2.45) is 11.7 Å². The third kappa shape index (κ3) is 5.42. The van der Waals surface area contributed by atoms with E-state index in [-0.39, 0.29) is 6.04 Å². The molecular formula is C14H26N4O. The highest BCUT2D eigenvalue weighted by Gasteiger charge is 2.14. The Morgan fingerprint density at radius 2 is 2.05 bits per heavy atom. The Kier molecular flexibility index (Phi) is 7.18. The van der Waals surface area contributed by atoms with Crippen LogP contribution in [0.1, 0.15) is 40.0 Å². The molecule has 0 bridgehead atoms. The topological polar surface area (TPSA) is 73.1 Å². The molecule has 1 aromatic heterocycles. The van der Waals surface area contributed by atoms with Crippen LogP contribution in [0.3, 0.4) is 0 Å². The molecule has 3 N–H and O–H groups in total. The molecule has 0 radical (unpaired) electrons. The number of rotatable bonds is 9. The van der Waals surface area contributed by atoms with E-state index in [1.807, 2.05) is 0 Å². The average molecular weight is 266 g/mol. The molecule has 5 nitrogen and oxygen atoms in total. The molecule has 0 aliphatic heterocycles. The van der Waals surface area contributed by atoms with E-state index in [1.165, 1.54) is 0 Å². The Morgan fingerprint density at radius 3 is 2.68 bits per heavy atom. The van der Waals surface area contributed by atoms with Crippen LogP contribution in [0, 0.1) is 5.92 Å². The normalized spacial score (nSPS) is 12.5. The maximum Gasteiger partial charge on any atom is 0.225 e. The predicted molar refractivity (Wildman–Crippen MR) is 78.4 cm³/mol. The predicted octanol–water partition coefficient (Wildman–Crippen LogP) is 2.44. The number of aromatic nitrogens is 2. The summed E-state index contributed by atoms with van der Waals surface area (Å²) in [5.41, 5.74) is 6.16. The molecule has 0 amide bonds. The smallest absolute Gasteiger partial charge is 0.225 e. The van der Waals surface area contributed by atoms with Crippen LogP contribution < -0.4 is 15.8 Å². The van der Waals surface area contributed by atoms with E-state index >= 15 is 0 Å². The SMILES string of the molecule is CCCOc1ccnc(NCC(N)C(CC)CC)n1. The molecule has 0 saturated heterocycles. The summed E-state index contributed by atoms with van der Waals surface area (Å²) in [6, 6.07) is 1.89. The summed E-state index contributed by atoms with van der Waals surface area (Å²) in [6.07, 6.45) is 4.86. The zero-order valence-electron chi connectivity index (χ0n) is 12.2. The van der Waals surface area contributed by atoms with Crippen molar-refractivity contribution in [1.29, 1.82) is 0 Å². The summed E-state index contributed by atoms with van der Waals surface area (Å²) in [4.78, 5) is 8.47. The van der Waals surface area contributed by atoms with E-state index in [2.05, 4.69) is 36.1 Å². The molecule has 108 valence electrons. The fraction of sp³-hybridized carbons (Fsp3) is 0.714. The lowest BCUT2D eigenvalue weighted by atomic mass is 9.95. The minimum Gasteiger partial charge on any atom is -0.478 e. The highest BCUT2D eigenvalue weighted by atomic mass is 16.5. The fourth-order valence-electron chi connectivity index (χ4n) is 1.98. The lowest BCUT2D eigenvalue weighted by Gasteiger charge is -2.21. The maximum absolute atomic E-state index is 6.16. The molecule has 5 heteroatoms. The molecule has 0 aromatic carbocycles. The van der Waals surface area contributed by atoms with Crippen molar-refractivity contribution in [3.8, 4) is 5.88 Å². The number of hydrogen-bond acceptors (Lipinski definition) is 5. The Morgan fingerprint density at radius 1 is 1.32 bits per heavy atom. The molecule has 1 unspecified atom stereocenters. The van der Waals surface area contributed by atoms with Gasteiger partial charge in [0.1, 0.15) is 0 Å². The lowest BCUT2D eigenvalue weighted by Crippen LogP contribution is -2.36. The first kappa shape index (κ1) is 15.7. The summed E-state index contributed by atoms with van der Waals surface area (Å²) >= 11 is 0. The van der Waals surface area contributed by atoms with E-state index in [0.717, 1.165) is 19.3 Å². The maximum atomic E-state index is 6.16. The minimum absolute atomic E-state index is 0.124. The second-order valence-corrected chi connectivity index (χ2v) is 4.69. The van der Waals surface area contributed by atoms with E-state index < -0.39 is 0 Å². The summed E-state index contributed by atoms with van der Waals surface area (Å²) in [5.74, 6) is 1.72. The number of nitrogens with two attached hydrogens (primary N) is 1. The molecule has 1 heterocycles. The molecule has 0 fully saturated rings. The molecule has 0 spiro atoms. The van der Waals surface area contributed by atoms with E-state index in [1.54, 1.807) is 12.3 Å². The summed E-state index contributed by atoms with van der Waals surface area (Å²) in [5, 5.41) is 3.18. The van der Waals surface area contributed by atoms with Crippen molar-refractivity contribution in [1.82, 2.24) is 9.97 Å². The summed E-state index contributed by atoms with van der Waals surface area (Å²) in [7, 11) is 0. The number of anilines is 1. The second kappa shape index (κ2) is 8.69. The number of ether oxygens (including phenoxy) is 1. The van der Waals surface area contributed by atoms with Crippen LogP contribution in [0.2, 0.25) is 0 Å². The molecular weight excluding hydrogens is 240 g/mol. The van der Waals surface area contributed by atoms with E-state index in [9.17, 15) is 0 Å². The molecule has 0 aliphatic rings. The van der Waals surface area contributed by atoms with Gasteiger partial charge < -0.3 is 15.8 Å². The molecule has 1 rings (SSSR count). The van der Waals surface area contributed by atoms with Crippen molar-refractivity contribution in [2.45, 2.75) is 46.1 Å². The van der Waals surface area contributed by atoms with Gasteiger partial charge in [-0.3, -0.25) is 0 Å². The van der Waals surface area contributed by atoms with Gasteiger partial charge in [0.05, 0.1) is 6.61 Å². The number of hydrogen-bond donors (Lipinski definition) is 2. The van der Waals surface area contributed by atoms with E-state index in [4.69, 9.17) is 10.5 Å². The van der Waals surface area contributed by atoms with Gasteiger partial charge in [-0.1, -0.05) is 33.6 Å². The first-order valence-corrected chi connectivity index (χ1v) is 7.16. The van der Waals surface area contributed by atoms with Crippen molar-refractivity contribution >= 4 is 5.95 Å². The zero-order valence-corrected chi connectivity index (χ0v) is 12.2. The van der Waals surface area contributed by atoms with Crippen LogP contribution in [0.15, 0.2) is 12.3 Å². The molecule has 0 saturated carbocycles. The molecule has 19 heavy (non-hydrogen) atoms. The van der Waals surface area contributed by atoms with Gasteiger partial charge in [-0.2, -0.15) is 4.98 Å². The van der Waals surface area contributed by atoms with Crippen molar-refractivity contribution < 1.29 is 4.74 Å². The first-order chi connectivity index (χ1) is 9.21. The van der Waals surface area contributed by atoms with Gasteiger partial charge in [0.2, 0.25) is 11.8 Å². The fourth-order valence-corrected chi connectivity index (χ4v) is 1.98. The monoisotopic (exact) mass is 266 g/mol. The average Bonchev–Trinajstić information content (AvgIpc) is 2.44. The second-order valence-electron chi connectivity index (χ2n) is 4.69. The van der Waals surface area contributed by atoms with Gasteiger partial charge in [0.15, 0.2) is 0 Å². The van der Waals surface area contributed by atoms with Crippen LogP contribution >= 0.6 is 0 Å². The van der Waals surface area contributed by atoms with Gasteiger partial charge in [-0.05, 0) is 12.3 Å². The van der Waals surface area contributed by atoms with Gasteiger partial charge in [-0.25, -0.2) is 4.98 Å². The van der Waals surface area contributed by atoms with Crippen LogP contribution in [-0.4, -0.2) is 29.2 Å². The highest BCUT2D eigenvalue weighted by Crippen LogP contribution is 2.13. The van der Waals surface area contributed by atoms with E-state index in [0.29, 0.717) is 30.9 Å². The Hall–Kier alpha value is -1.36. The van der Waals surface area contributed by atoms with Gasteiger partial charge in [-0.15, -0.1) is 0 Å². The number of nitrogens with zero attached hydrogens (tertiary/aromatic N) is 2. The Bertz CT molecular complexity index is 355. The number of nitrogens with one attached hydrogen (secondary N) is 1. The third-order valence-electron chi connectivity index (χ3n) is 3.23. The Labute approximate surface area is 116 Å². The van der Waals surface area contributed by atoms with Crippen molar-refractivity contribution in [3.05, 3.63) is 12.3 Å². The van der Waals surface area contributed by atoms with Crippen LogP contribution in [0.5, 0.6) is 5.88 Å². The summed E-state index contributed by atoms with van der Waals surface area (Å²) in [6.45, 7) is 7.76. The molecule has 1 atom stereocenters. The van der Waals surface area contributed by atoms with Crippen molar-refractivity contribution in [3.63, 3.8) is 0 Å². The van der Waals surface area contributed by atoms with Gasteiger partial charge in [0, 0.05) is 24.8 Å². The largest absolute Gasteiger partial charge is 0.478 e. The summed E-state index contributed by atoms with van der Waals surface area (Å²) < 4.78 is 5.47. The van der Waals surface area contributed by atoms with Gasteiger partial charge in [0.25, 0.3) is 0 Å². The van der Waals surface area contributed by atoms with Crippen LogP contribution in [0.4, 0.5) is 5.95 Å². The minimum atomic E-state index is 0.124. The van der Waals surface area contributed by atoms with Gasteiger partial charge >= 0.3 is 0 Å². The first-order valence-electron chi connectivity index (χ1n) is 7.16. The Balaban J connectivity index is 2.48. The molecule has 0 aliphatic carbocycles. The quantitative estimate of drug-likeness (QED) is 0.718. The standard InChI is InChI=1S/C14H26N4O/c1-4-9-19-13-7-8-16-14(18-13)17-10-12(15)11(5-2)6-3/h7-8,11-12H,4-6,9-10,15H2,1-3H3,(H,16,17,18). The van der Waals surface area contributed by atoms with Crippen LogP contribution in [0.25, 0.3) is 0 Å². The van der Waals surface area contributed by atoms with Crippen LogP contribution in [-0.2, 0) is 0 Å². The third-order valence-corrected chi connectivity index (χ3v) is 3.23.